The highest BCUT2D eigenvalue weighted by Gasteiger charge is 2.64. The van der Waals surface area contributed by atoms with Crippen molar-refractivity contribution in [2.24, 2.45) is 5.41 Å². The van der Waals surface area contributed by atoms with E-state index in [1.807, 2.05) is 13.0 Å². The average molecular weight is 478 g/mol. The van der Waals surface area contributed by atoms with Crippen LogP contribution in [0.1, 0.15) is 67.2 Å². The Labute approximate surface area is 201 Å². The van der Waals surface area contributed by atoms with Crippen molar-refractivity contribution in [3.05, 3.63) is 65.0 Å². The van der Waals surface area contributed by atoms with Gasteiger partial charge in [-0.1, -0.05) is 19.9 Å². The fourth-order valence-corrected chi connectivity index (χ4v) is 6.01. The van der Waals surface area contributed by atoms with E-state index in [0.29, 0.717) is 13.1 Å². The maximum Gasteiger partial charge on any atom is 0.275 e. The van der Waals surface area contributed by atoms with Gasteiger partial charge in [0.1, 0.15) is 24.3 Å². The van der Waals surface area contributed by atoms with Gasteiger partial charge >= 0.3 is 0 Å². The zero-order valence-corrected chi connectivity index (χ0v) is 19.8. The van der Waals surface area contributed by atoms with E-state index in [-0.39, 0.29) is 46.5 Å². The van der Waals surface area contributed by atoms with Gasteiger partial charge in [0.2, 0.25) is 5.89 Å². The molecule has 0 N–H and O–H groups in total. The molecule has 1 amide bonds. The SMILES string of the molecule is CCN(C[C@@]12CC[C@@H](c3cc(-c4c(F)cccc4F)nnc31)C2(C)C)C(=O)c1coc(CC#N)n1. The highest BCUT2D eigenvalue weighted by molar-refractivity contribution is 5.92. The number of benzene rings is 1. The standard InChI is InChI=1S/C26H25F2N5O2/c1-4-33(24(34)20-13-35-21(30-20)9-11-29)14-26-10-8-16(25(26,2)3)15-12-19(31-32-23(15)26)22-17(27)6-5-7-18(22)28/h5-7,12-13,16H,4,8-10,14H2,1-3H3/t16-,26-/m0/s1. The number of hydrogen-bond acceptors (Lipinski definition) is 6. The van der Waals surface area contributed by atoms with Crippen LogP contribution in [0.25, 0.3) is 11.3 Å². The second kappa shape index (κ2) is 8.22. The zero-order valence-electron chi connectivity index (χ0n) is 19.8. The largest absolute Gasteiger partial charge is 0.447 e. The molecule has 3 aromatic rings. The van der Waals surface area contributed by atoms with Crippen molar-refractivity contribution in [2.75, 3.05) is 13.1 Å². The molecule has 0 saturated heterocycles. The number of fused-ring (bicyclic) bond motifs is 5. The van der Waals surface area contributed by atoms with Crippen molar-refractivity contribution >= 4 is 5.91 Å². The molecule has 2 atom stereocenters. The van der Waals surface area contributed by atoms with Gasteiger partial charge < -0.3 is 9.32 Å². The van der Waals surface area contributed by atoms with Gasteiger partial charge in [-0.25, -0.2) is 13.8 Å². The monoisotopic (exact) mass is 477 g/mol. The third-order valence-corrected chi connectivity index (χ3v) is 7.97. The Balaban J connectivity index is 1.52. The normalized spacial score (nSPS) is 21.5. The van der Waals surface area contributed by atoms with Crippen LogP contribution >= 0.6 is 0 Å². The van der Waals surface area contributed by atoms with Gasteiger partial charge in [0.25, 0.3) is 5.91 Å². The second-order valence-electron chi connectivity index (χ2n) is 9.81. The summed E-state index contributed by atoms with van der Waals surface area (Å²) in [4.78, 5) is 19.2. The number of oxazole rings is 1. The predicted octanol–water partition coefficient (Wildman–Crippen LogP) is 4.79. The number of amides is 1. The molecule has 0 spiro atoms. The zero-order chi connectivity index (χ0) is 25.0. The van der Waals surface area contributed by atoms with Crippen LogP contribution in [0.15, 0.2) is 34.9 Å². The maximum atomic E-state index is 14.4. The smallest absolute Gasteiger partial charge is 0.275 e. The van der Waals surface area contributed by atoms with E-state index in [1.165, 1.54) is 24.5 Å². The maximum absolute atomic E-state index is 14.4. The summed E-state index contributed by atoms with van der Waals surface area (Å²) < 4.78 is 34.1. The van der Waals surface area contributed by atoms with Crippen molar-refractivity contribution < 1.29 is 18.0 Å². The first-order chi connectivity index (χ1) is 16.7. The molecule has 7 nitrogen and oxygen atoms in total. The topological polar surface area (TPSA) is 95.9 Å². The number of rotatable bonds is 6. The molecular formula is C26H25F2N5O2. The highest BCUT2D eigenvalue weighted by Crippen LogP contribution is 2.67. The quantitative estimate of drug-likeness (QED) is 0.506. The molecule has 180 valence electrons. The minimum absolute atomic E-state index is 0.00798. The van der Waals surface area contributed by atoms with Gasteiger partial charge in [-0.05, 0) is 54.9 Å². The molecule has 5 rings (SSSR count). The highest BCUT2D eigenvalue weighted by atomic mass is 19.1. The minimum Gasteiger partial charge on any atom is -0.447 e. The molecule has 2 aromatic heterocycles. The van der Waals surface area contributed by atoms with Crippen molar-refractivity contribution in [3.63, 3.8) is 0 Å². The third kappa shape index (κ3) is 3.34. The molecule has 0 radical (unpaired) electrons. The van der Waals surface area contributed by atoms with Crippen LogP contribution in [-0.4, -0.2) is 39.1 Å². The number of hydrogen-bond donors (Lipinski definition) is 0. The fourth-order valence-electron chi connectivity index (χ4n) is 6.01. The number of nitrogens with zero attached hydrogens (tertiary/aromatic N) is 5. The van der Waals surface area contributed by atoms with Crippen LogP contribution < -0.4 is 0 Å². The molecule has 1 aromatic carbocycles. The molecule has 35 heavy (non-hydrogen) atoms. The van der Waals surface area contributed by atoms with Crippen LogP contribution in [0.5, 0.6) is 0 Å². The second-order valence-corrected chi connectivity index (χ2v) is 9.81. The summed E-state index contributed by atoms with van der Waals surface area (Å²) in [5.74, 6) is -1.30. The lowest BCUT2D eigenvalue weighted by atomic mass is 9.68. The average Bonchev–Trinajstić information content (AvgIpc) is 3.44. The molecule has 2 heterocycles. The lowest BCUT2D eigenvalue weighted by Gasteiger charge is -2.41. The summed E-state index contributed by atoms with van der Waals surface area (Å²) in [6.45, 7) is 7.07. The number of aromatic nitrogens is 3. The molecule has 0 unspecified atom stereocenters. The third-order valence-electron chi connectivity index (χ3n) is 7.97. The summed E-state index contributed by atoms with van der Waals surface area (Å²) in [7, 11) is 0. The van der Waals surface area contributed by atoms with Crippen molar-refractivity contribution in [2.45, 2.75) is 51.4 Å². The Hall–Kier alpha value is -3.67. The summed E-state index contributed by atoms with van der Waals surface area (Å²) in [5.41, 5.74) is 1.18. The molecule has 2 aliphatic rings. The molecular weight excluding hydrogens is 452 g/mol. The molecule has 2 aliphatic carbocycles. The van der Waals surface area contributed by atoms with Crippen LogP contribution in [-0.2, 0) is 11.8 Å². The Kier molecular flexibility index (Phi) is 5.42. The fraction of sp³-hybridized carbons (Fsp3) is 0.423. The molecule has 1 fully saturated rings. The van der Waals surface area contributed by atoms with Gasteiger partial charge in [0.05, 0.1) is 23.0 Å². The number of likely N-dealkylation sites (N-methyl/N-ethyl adjacent to an activating group) is 1. The van der Waals surface area contributed by atoms with Gasteiger partial charge in [-0.15, -0.1) is 0 Å². The van der Waals surface area contributed by atoms with E-state index in [0.717, 1.165) is 24.1 Å². The number of halogens is 2. The summed E-state index contributed by atoms with van der Waals surface area (Å²) in [6, 6.07) is 7.47. The predicted molar refractivity (Wildman–Crippen MR) is 122 cm³/mol. The first-order valence-electron chi connectivity index (χ1n) is 11.7. The van der Waals surface area contributed by atoms with E-state index in [1.54, 1.807) is 11.0 Å². The summed E-state index contributed by atoms with van der Waals surface area (Å²) in [5, 5.41) is 17.6. The Morgan fingerprint density at radius 3 is 2.71 bits per heavy atom. The summed E-state index contributed by atoms with van der Waals surface area (Å²) >= 11 is 0. The molecule has 0 aliphatic heterocycles. The van der Waals surface area contributed by atoms with Crippen molar-refractivity contribution in [1.29, 1.82) is 5.26 Å². The van der Waals surface area contributed by atoms with Crippen molar-refractivity contribution in [3.8, 4) is 17.3 Å². The molecule has 2 bridgehead atoms. The first kappa shape index (κ1) is 23.1. The van der Waals surface area contributed by atoms with Gasteiger partial charge in [-0.3, -0.25) is 4.79 Å². The Morgan fingerprint density at radius 2 is 2.03 bits per heavy atom. The van der Waals surface area contributed by atoms with E-state index in [9.17, 15) is 13.6 Å². The van der Waals surface area contributed by atoms with Crippen LogP contribution in [0, 0.1) is 28.4 Å². The van der Waals surface area contributed by atoms with Crippen LogP contribution in [0.3, 0.4) is 0 Å². The van der Waals surface area contributed by atoms with E-state index in [2.05, 4.69) is 29.0 Å². The number of carbonyl (C=O) groups is 1. The lowest BCUT2D eigenvalue weighted by molar-refractivity contribution is 0.0646. The molecule has 1 saturated carbocycles. The molecule has 9 heteroatoms. The van der Waals surface area contributed by atoms with Crippen LogP contribution in [0.4, 0.5) is 8.78 Å². The first-order valence-corrected chi connectivity index (χ1v) is 11.7. The number of carbonyl (C=O) groups excluding carboxylic acids is 1. The van der Waals surface area contributed by atoms with E-state index >= 15 is 0 Å². The Morgan fingerprint density at radius 1 is 1.29 bits per heavy atom. The minimum atomic E-state index is -0.678. The van der Waals surface area contributed by atoms with Gasteiger partial charge in [0.15, 0.2) is 5.69 Å². The Bertz CT molecular complexity index is 1340. The summed E-state index contributed by atoms with van der Waals surface area (Å²) in [6.07, 6.45) is 2.98. The van der Waals surface area contributed by atoms with Crippen LogP contribution in [0.2, 0.25) is 0 Å². The number of nitriles is 1. The lowest BCUT2D eigenvalue weighted by Crippen LogP contribution is -2.48. The van der Waals surface area contributed by atoms with E-state index < -0.39 is 17.0 Å². The van der Waals surface area contributed by atoms with Gasteiger partial charge in [0, 0.05) is 18.5 Å². The van der Waals surface area contributed by atoms with E-state index in [4.69, 9.17) is 9.68 Å². The van der Waals surface area contributed by atoms with Gasteiger partial charge in [-0.2, -0.15) is 15.5 Å². The van der Waals surface area contributed by atoms with Crippen molar-refractivity contribution in [1.82, 2.24) is 20.1 Å².